The predicted molar refractivity (Wildman–Crippen MR) is 95.8 cm³/mol. The first kappa shape index (κ1) is 23.1. The average Bonchev–Trinajstić information content (AvgIpc) is 3.35. The summed E-state index contributed by atoms with van der Waals surface area (Å²) in [6.07, 6.45) is -1.31. The second-order valence-corrected chi connectivity index (χ2v) is 6.36. The van der Waals surface area contributed by atoms with Crippen LogP contribution in [0.3, 0.4) is 0 Å². The Balaban J connectivity index is 2.13. The monoisotopic (exact) mass is 428 g/mol. The van der Waals surface area contributed by atoms with Gasteiger partial charge in [-0.05, 0) is 13.3 Å². The molecule has 15 nitrogen and oxygen atoms in total. The van der Waals surface area contributed by atoms with E-state index in [1.165, 1.54) is 6.92 Å². The number of aromatic nitrogens is 4. The minimum Gasteiger partial charge on any atom is -0.420 e. The van der Waals surface area contributed by atoms with Crippen molar-refractivity contribution < 1.29 is 33.8 Å². The first-order valence-electron chi connectivity index (χ1n) is 8.91. The summed E-state index contributed by atoms with van der Waals surface area (Å²) in [5.41, 5.74) is 11.0. The summed E-state index contributed by atoms with van der Waals surface area (Å²) in [5, 5.41) is 43.6. The molecule has 0 bridgehead atoms. The van der Waals surface area contributed by atoms with E-state index >= 15 is 0 Å². The molecule has 0 saturated heterocycles. The highest BCUT2D eigenvalue weighted by molar-refractivity contribution is 5.78. The topological polar surface area (TPSA) is 249 Å². The standard InChI is InChI=1S/C15H24N8O7/c1-6(26)11(14-22-21-10(5-25)29-14)19-15(28)18-8(4-9(17)27)13-20-12(23-30-13)7(16)2-3-24/h6-8,11,24-26H,2-5,16H2,1H3,(H2,17,27)(H2,18,19,28)/t6?,7-,8-,11+/m0/s1. The predicted octanol–water partition coefficient (Wildman–Crippen LogP) is -2.34. The van der Waals surface area contributed by atoms with E-state index in [1.807, 2.05) is 0 Å². The van der Waals surface area contributed by atoms with Crippen LogP contribution >= 0.6 is 0 Å². The second-order valence-electron chi connectivity index (χ2n) is 6.36. The van der Waals surface area contributed by atoms with Crippen molar-refractivity contribution in [3.63, 3.8) is 0 Å². The zero-order valence-electron chi connectivity index (χ0n) is 16.1. The van der Waals surface area contributed by atoms with Crippen molar-refractivity contribution in [3.8, 4) is 0 Å². The smallest absolute Gasteiger partial charge is 0.316 e. The van der Waals surface area contributed by atoms with Gasteiger partial charge in [0.2, 0.25) is 23.6 Å². The Kier molecular flexibility index (Phi) is 8.16. The maximum atomic E-state index is 12.4. The fourth-order valence-electron chi connectivity index (χ4n) is 2.39. The third-order valence-corrected chi connectivity index (χ3v) is 3.89. The lowest BCUT2D eigenvalue weighted by Crippen LogP contribution is -2.44. The molecular formula is C15H24N8O7. The van der Waals surface area contributed by atoms with E-state index in [1.54, 1.807) is 0 Å². The van der Waals surface area contributed by atoms with Crippen molar-refractivity contribution in [3.05, 3.63) is 23.5 Å². The van der Waals surface area contributed by atoms with Crippen molar-refractivity contribution in [2.45, 2.75) is 50.6 Å². The molecule has 4 atom stereocenters. The summed E-state index contributed by atoms with van der Waals surface area (Å²) in [6.45, 7) is 0.677. The lowest BCUT2D eigenvalue weighted by atomic mass is 10.1. The number of primary amides is 1. The number of aliphatic hydroxyl groups is 3. The summed E-state index contributed by atoms with van der Waals surface area (Å²) >= 11 is 0. The molecule has 1 unspecified atom stereocenters. The van der Waals surface area contributed by atoms with Gasteiger partial charge >= 0.3 is 6.03 Å². The number of hydrogen-bond donors (Lipinski definition) is 7. The second kappa shape index (κ2) is 10.6. The molecule has 0 aliphatic carbocycles. The van der Waals surface area contributed by atoms with Crippen LogP contribution < -0.4 is 22.1 Å². The zero-order chi connectivity index (χ0) is 22.3. The molecule has 3 amide bonds. The molecule has 2 rings (SSSR count). The Hall–Kier alpha value is -3.14. The number of urea groups is 1. The van der Waals surface area contributed by atoms with E-state index in [0.717, 1.165) is 0 Å². The number of nitrogens with one attached hydrogen (secondary N) is 2. The highest BCUT2D eigenvalue weighted by atomic mass is 16.5. The summed E-state index contributed by atoms with van der Waals surface area (Å²) in [7, 11) is 0. The van der Waals surface area contributed by atoms with Crippen LogP contribution in [-0.2, 0) is 11.4 Å². The number of amides is 3. The van der Waals surface area contributed by atoms with E-state index in [-0.39, 0.29) is 42.9 Å². The van der Waals surface area contributed by atoms with E-state index < -0.39 is 42.8 Å². The molecule has 0 aromatic carbocycles. The van der Waals surface area contributed by atoms with Gasteiger partial charge in [-0.25, -0.2) is 4.79 Å². The fourth-order valence-corrected chi connectivity index (χ4v) is 2.39. The number of aliphatic hydroxyl groups excluding tert-OH is 3. The van der Waals surface area contributed by atoms with E-state index in [2.05, 4.69) is 31.0 Å². The summed E-state index contributed by atoms with van der Waals surface area (Å²) in [5.74, 6) is -1.02. The molecule has 0 radical (unpaired) electrons. The van der Waals surface area contributed by atoms with E-state index in [0.29, 0.717) is 0 Å². The SMILES string of the molecule is CC(O)[C@@H](NC(=O)N[C@@H](CC(N)=O)c1nc([C@@H](N)CCO)no1)c1nnc(CO)o1. The van der Waals surface area contributed by atoms with Crippen molar-refractivity contribution >= 4 is 11.9 Å². The summed E-state index contributed by atoms with van der Waals surface area (Å²) in [6, 6.07) is -3.73. The Labute approximate surface area is 169 Å². The lowest BCUT2D eigenvalue weighted by Gasteiger charge is -2.20. The molecule has 9 N–H and O–H groups in total. The van der Waals surface area contributed by atoms with Gasteiger partial charge in [-0.1, -0.05) is 5.16 Å². The number of carbonyl (C=O) groups is 2. The Morgan fingerprint density at radius 1 is 1.20 bits per heavy atom. The first-order valence-corrected chi connectivity index (χ1v) is 8.91. The fraction of sp³-hybridized carbons (Fsp3) is 0.600. The number of hydrogen-bond acceptors (Lipinski definition) is 12. The molecule has 2 aromatic heterocycles. The highest BCUT2D eigenvalue weighted by Crippen LogP contribution is 2.19. The Morgan fingerprint density at radius 2 is 1.93 bits per heavy atom. The molecular weight excluding hydrogens is 404 g/mol. The van der Waals surface area contributed by atoms with Crippen LogP contribution in [0.1, 0.15) is 61.4 Å². The molecule has 15 heteroatoms. The largest absolute Gasteiger partial charge is 0.420 e. The third-order valence-electron chi connectivity index (χ3n) is 3.89. The van der Waals surface area contributed by atoms with Crippen LogP contribution in [0, 0.1) is 0 Å². The minimum absolute atomic E-state index is 0.0833. The van der Waals surface area contributed by atoms with Gasteiger partial charge in [-0.15, -0.1) is 10.2 Å². The number of rotatable bonds is 11. The normalized spacial score (nSPS) is 15.2. The van der Waals surface area contributed by atoms with Crippen molar-refractivity contribution in [1.29, 1.82) is 0 Å². The van der Waals surface area contributed by atoms with Crippen LogP contribution in [-0.4, -0.2) is 60.3 Å². The van der Waals surface area contributed by atoms with Gasteiger partial charge in [-0.3, -0.25) is 4.79 Å². The summed E-state index contributed by atoms with van der Waals surface area (Å²) < 4.78 is 10.2. The van der Waals surface area contributed by atoms with Gasteiger partial charge in [0.05, 0.1) is 18.6 Å². The van der Waals surface area contributed by atoms with Gasteiger partial charge in [0.1, 0.15) is 18.7 Å². The van der Waals surface area contributed by atoms with Gasteiger partial charge < -0.3 is 46.4 Å². The number of nitrogens with two attached hydrogens (primary N) is 2. The van der Waals surface area contributed by atoms with E-state index in [9.17, 15) is 14.7 Å². The van der Waals surface area contributed by atoms with Crippen LogP contribution in [0.5, 0.6) is 0 Å². The molecule has 0 saturated carbocycles. The first-order chi connectivity index (χ1) is 14.2. The molecule has 0 fully saturated rings. The molecule has 2 heterocycles. The molecule has 30 heavy (non-hydrogen) atoms. The zero-order valence-corrected chi connectivity index (χ0v) is 16.1. The molecule has 0 spiro atoms. The lowest BCUT2D eigenvalue weighted by molar-refractivity contribution is -0.118. The maximum absolute atomic E-state index is 12.4. The Morgan fingerprint density at radius 3 is 2.50 bits per heavy atom. The number of nitrogens with zero attached hydrogens (tertiary/aromatic N) is 4. The van der Waals surface area contributed by atoms with E-state index in [4.69, 9.17) is 30.6 Å². The van der Waals surface area contributed by atoms with Gasteiger partial charge in [-0.2, -0.15) is 4.98 Å². The molecule has 0 aliphatic heterocycles. The Bertz CT molecular complexity index is 839. The summed E-state index contributed by atoms with van der Waals surface area (Å²) in [4.78, 5) is 27.9. The van der Waals surface area contributed by atoms with Gasteiger partial charge in [0.15, 0.2) is 5.82 Å². The molecule has 166 valence electrons. The highest BCUT2D eigenvalue weighted by Gasteiger charge is 2.29. The minimum atomic E-state index is -1.14. The van der Waals surface area contributed by atoms with Crippen LogP contribution in [0.2, 0.25) is 0 Å². The van der Waals surface area contributed by atoms with Crippen LogP contribution in [0.25, 0.3) is 0 Å². The number of carbonyl (C=O) groups excluding carboxylic acids is 2. The molecule has 0 aliphatic rings. The molecule has 2 aromatic rings. The maximum Gasteiger partial charge on any atom is 0.316 e. The van der Waals surface area contributed by atoms with Crippen molar-refractivity contribution in [2.24, 2.45) is 11.5 Å². The third kappa shape index (κ3) is 6.18. The van der Waals surface area contributed by atoms with Gasteiger partial charge in [0.25, 0.3) is 0 Å². The van der Waals surface area contributed by atoms with Crippen molar-refractivity contribution in [1.82, 2.24) is 31.0 Å². The quantitative estimate of drug-likeness (QED) is 0.199. The van der Waals surface area contributed by atoms with Gasteiger partial charge in [0, 0.05) is 6.61 Å². The van der Waals surface area contributed by atoms with Crippen LogP contribution in [0.15, 0.2) is 8.94 Å². The average molecular weight is 428 g/mol. The van der Waals surface area contributed by atoms with Crippen molar-refractivity contribution in [2.75, 3.05) is 6.61 Å². The van der Waals surface area contributed by atoms with Crippen LogP contribution in [0.4, 0.5) is 4.79 Å².